The van der Waals surface area contributed by atoms with E-state index < -0.39 is 0 Å². The molecular formula is C23H25N5O2. The van der Waals surface area contributed by atoms with E-state index in [-0.39, 0.29) is 17.1 Å². The van der Waals surface area contributed by atoms with Crippen LogP contribution in [0.5, 0.6) is 0 Å². The van der Waals surface area contributed by atoms with Crippen molar-refractivity contribution in [2.24, 2.45) is 5.41 Å². The number of nitrogens with zero attached hydrogens (tertiary/aromatic N) is 4. The summed E-state index contributed by atoms with van der Waals surface area (Å²) in [6, 6.07) is 5.73. The summed E-state index contributed by atoms with van der Waals surface area (Å²) in [4.78, 5) is 22.5. The van der Waals surface area contributed by atoms with Crippen LogP contribution in [0.15, 0.2) is 40.1 Å². The Kier molecular flexibility index (Phi) is 4.00. The molecule has 7 heteroatoms. The van der Waals surface area contributed by atoms with Crippen molar-refractivity contribution in [2.45, 2.75) is 53.4 Å². The molecule has 2 aliphatic rings. The van der Waals surface area contributed by atoms with E-state index in [9.17, 15) is 4.79 Å². The summed E-state index contributed by atoms with van der Waals surface area (Å²) in [6.45, 7) is 10.1. The van der Waals surface area contributed by atoms with E-state index in [1.165, 1.54) is 0 Å². The molecule has 0 saturated heterocycles. The van der Waals surface area contributed by atoms with Gasteiger partial charge < -0.3 is 9.73 Å². The zero-order valence-electron chi connectivity index (χ0n) is 17.9. The van der Waals surface area contributed by atoms with Gasteiger partial charge in [-0.15, -0.1) is 0 Å². The average molecular weight is 403 g/mol. The Morgan fingerprint density at radius 3 is 2.57 bits per heavy atom. The maximum atomic E-state index is 13.2. The van der Waals surface area contributed by atoms with Crippen molar-refractivity contribution in [3.8, 4) is 5.95 Å². The first kappa shape index (κ1) is 18.8. The van der Waals surface area contributed by atoms with E-state index in [1.807, 2.05) is 39.0 Å². The van der Waals surface area contributed by atoms with E-state index in [0.29, 0.717) is 12.4 Å². The molecule has 0 saturated carbocycles. The number of hydrogen-bond donors (Lipinski definition) is 1. The Hall–Kier alpha value is -3.22. The first-order valence-electron chi connectivity index (χ1n) is 10.2. The molecule has 0 bridgehead atoms. The largest absolute Gasteiger partial charge is 0.468 e. The lowest BCUT2D eigenvalue weighted by atomic mass is 9.70. The van der Waals surface area contributed by atoms with Crippen LogP contribution in [-0.4, -0.2) is 25.5 Å². The van der Waals surface area contributed by atoms with Gasteiger partial charge in [0.15, 0.2) is 5.78 Å². The van der Waals surface area contributed by atoms with Crippen LogP contribution in [0.1, 0.15) is 61.0 Å². The van der Waals surface area contributed by atoms with Crippen LogP contribution in [0.3, 0.4) is 0 Å². The van der Waals surface area contributed by atoms with Crippen molar-refractivity contribution in [2.75, 3.05) is 5.32 Å². The Bertz CT molecular complexity index is 1180. The third kappa shape index (κ3) is 2.88. The molecule has 3 aromatic heterocycles. The SMILES string of the molecule is Cc1cc(C)nc(-n2nc(C)c3c2NC2=C(C(=O)CC(C)(C)C2)C3c2ccco2)n1. The third-order valence-electron chi connectivity index (χ3n) is 5.86. The van der Waals surface area contributed by atoms with E-state index in [2.05, 4.69) is 29.1 Å². The number of aromatic nitrogens is 4. The molecule has 4 heterocycles. The van der Waals surface area contributed by atoms with Gasteiger partial charge in [0.2, 0.25) is 0 Å². The number of rotatable bonds is 2. The zero-order valence-corrected chi connectivity index (χ0v) is 17.9. The monoisotopic (exact) mass is 403 g/mol. The van der Waals surface area contributed by atoms with E-state index in [0.717, 1.165) is 51.9 Å². The summed E-state index contributed by atoms with van der Waals surface area (Å²) in [7, 11) is 0. The van der Waals surface area contributed by atoms with Gasteiger partial charge in [0.1, 0.15) is 11.6 Å². The van der Waals surface area contributed by atoms with E-state index >= 15 is 0 Å². The minimum absolute atomic E-state index is 0.107. The number of carbonyl (C=O) groups is 1. The van der Waals surface area contributed by atoms with Gasteiger partial charge in [-0.1, -0.05) is 13.8 Å². The molecule has 3 aromatic rings. The molecule has 0 aromatic carbocycles. The van der Waals surface area contributed by atoms with Gasteiger partial charge in [-0.05, 0) is 50.8 Å². The van der Waals surface area contributed by atoms with Crippen LogP contribution >= 0.6 is 0 Å². The van der Waals surface area contributed by atoms with Gasteiger partial charge in [0, 0.05) is 34.6 Å². The molecular weight excluding hydrogens is 378 g/mol. The summed E-state index contributed by atoms with van der Waals surface area (Å²) >= 11 is 0. The molecule has 0 spiro atoms. The number of fused-ring (bicyclic) bond motifs is 1. The minimum Gasteiger partial charge on any atom is -0.468 e. The summed E-state index contributed by atoms with van der Waals surface area (Å²) in [5.74, 6) is 1.96. The van der Waals surface area contributed by atoms with E-state index in [1.54, 1.807) is 10.9 Å². The fourth-order valence-corrected chi connectivity index (χ4v) is 4.76. The quantitative estimate of drug-likeness (QED) is 0.683. The van der Waals surface area contributed by atoms with Crippen LogP contribution < -0.4 is 5.32 Å². The molecule has 5 rings (SSSR count). The lowest BCUT2D eigenvalue weighted by Gasteiger charge is -2.37. The second kappa shape index (κ2) is 6.39. The highest BCUT2D eigenvalue weighted by molar-refractivity contribution is 6.01. The molecule has 1 unspecified atom stereocenters. The summed E-state index contributed by atoms with van der Waals surface area (Å²) in [5, 5.41) is 8.31. The van der Waals surface area contributed by atoms with Gasteiger partial charge >= 0.3 is 0 Å². The molecule has 0 amide bonds. The first-order chi connectivity index (χ1) is 14.2. The number of furan rings is 1. The van der Waals surface area contributed by atoms with Gasteiger partial charge in [0.05, 0.1) is 17.9 Å². The van der Waals surface area contributed by atoms with Crippen LogP contribution in [0, 0.1) is 26.2 Å². The molecule has 1 N–H and O–H groups in total. The lowest BCUT2D eigenvalue weighted by Crippen LogP contribution is -2.34. The van der Waals surface area contributed by atoms with Gasteiger partial charge in [-0.3, -0.25) is 4.79 Å². The zero-order chi connectivity index (χ0) is 21.2. The molecule has 1 aliphatic carbocycles. The maximum absolute atomic E-state index is 13.2. The number of Topliss-reactive ketones (excluding diaryl/α,β-unsaturated/α-hetero) is 1. The molecule has 7 nitrogen and oxygen atoms in total. The van der Waals surface area contributed by atoms with Gasteiger partial charge in [-0.25, -0.2) is 9.97 Å². The number of anilines is 1. The second-order valence-electron chi connectivity index (χ2n) is 9.12. The number of aryl methyl sites for hydroxylation is 3. The molecule has 1 atom stereocenters. The van der Waals surface area contributed by atoms with Crippen molar-refractivity contribution in [3.63, 3.8) is 0 Å². The van der Waals surface area contributed by atoms with Crippen molar-refractivity contribution in [3.05, 3.63) is 64.1 Å². The third-order valence-corrected chi connectivity index (χ3v) is 5.86. The standard InChI is InChI=1S/C23H25N5O2/c1-12-9-13(2)25-22(24-12)28-21-18(14(3)27-28)20(17-7-6-8-30-17)19-15(26-21)10-23(4,5)11-16(19)29/h6-9,20,26H,10-11H2,1-5H3. The van der Waals surface area contributed by atoms with Crippen LogP contribution in [-0.2, 0) is 4.79 Å². The molecule has 0 radical (unpaired) electrons. The normalized spacial score (nSPS) is 20.0. The Morgan fingerprint density at radius 1 is 1.17 bits per heavy atom. The maximum Gasteiger partial charge on any atom is 0.252 e. The Labute approximate surface area is 175 Å². The predicted molar refractivity (Wildman–Crippen MR) is 113 cm³/mol. The predicted octanol–water partition coefficient (Wildman–Crippen LogP) is 4.38. The molecule has 154 valence electrons. The molecule has 0 fully saturated rings. The molecule has 30 heavy (non-hydrogen) atoms. The highest BCUT2D eigenvalue weighted by Crippen LogP contribution is 2.50. The van der Waals surface area contributed by atoms with Crippen molar-refractivity contribution >= 4 is 11.6 Å². The number of allylic oxidation sites excluding steroid dienone is 2. The van der Waals surface area contributed by atoms with E-state index in [4.69, 9.17) is 9.52 Å². The van der Waals surface area contributed by atoms with Crippen LogP contribution in [0.2, 0.25) is 0 Å². The first-order valence-corrected chi connectivity index (χ1v) is 10.2. The number of ketones is 1. The van der Waals surface area contributed by atoms with Crippen molar-refractivity contribution in [1.82, 2.24) is 19.7 Å². The smallest absolute Gasteiger partial charge is 0.252 e. The summed E-state index contributed by atoms with van der Waals surface area (Å²) in [6.07, 6.45) is 2.96. The summed E-state index contributed by atoms with van der Waals surface area (Å²) in [5.41, 5.74) is 5.16. The van der Waals surface area contributed by atoms with Crippen molar-refractivity contribution < 1.29 is 9.21 Å². The van der Waals surface area contributed by atoms with Crippen LogP contribution in [0.25, 0.3) is 5.95 Å². The Morgan fingerprint density at radius 2 is 1.90 bits per heavy atom. The molecule has 1 aliphatic heterocycles. The minimum atomic E-state index is -0.283. The number of hydrogen-bond acceptors (Lipinski definition) is 6. The highest BCUT2D eigenvalue weighted by Gasteiger charge is 2.44. The van der Waals surface area contributed by atoms with Crippen LogP contribution in [0.4, 0.5) is 5.82 Å². The fraction of sp³-hybridized carbons (Fsp3) is 0.391. The highest BCUT2D eigenvalue weighted by atomic mass is 16.3. The number of nitrogens with one attached hydrogen (secondary N) is 1. The second-order valence-corrected chi connectivity index (χ2v) is 9.12. The van der Waals surface area contributed by atoms with Gasteiger partial charge in [0.25, 0.3) is 5.95 Å². The topological polar surface area (TPSA) is 85.8 Å². The lowest BCUT2D eigenvalue weighted by molar-refractivity contribution is -0.118. The Balaban J connectivity index is 1.75. The van der Waals surface area contributed by atoms with Gasteiger partial charge in [-0.2, -0.15) is 9.78 Å². The number of carbonyl (C=O) groups excluding carboxylic acids is 1. The fourth-order valence-electron chi connectivity index (χ4n) is 4.76. The van der Waals surface area contributed by atoms with Crippen molar-refractivity contribution in [1.29, 1.82) is 0 Å². The average Bonchev–Trinajstić information content (AvgIpc) is 3.27. The summed E-state index contributed by atoms with van der Waals surface area (Å²) < 4.78 is 7.57.